The van der Waals surface area contributed by atoms with E-state index >= 15 is 0 Å². The van der Waals surface area contributed by atoms with Crippen molar-refractivity contribution in [1.82, 2.24) is 4.98 Å². The Morgan fingerprint density at radius 1 is 1.44 bits per heavy atom. The second-order valence-corrected chi connectivity index (χ2v) is 2.55. The van der Waals surface area contributed by atoms with Gasteiger partial charge in [-0.1, -0.05) is 6.66 Å². The lowest BCUT2D eigenvalue weighted by Gasteiger charge is -1.77. The molecule has 9 heavy (non-hydrogen) atoms. The number of thiazole rings is 1. The van der Waals surface area contributed by atoms with Gasteiger partial charge in [-0.15, -0.1) is 20.6 Å². The molecular formula is C6H12NPS. The summed E-state index contributed by atoms with van der Waals surface area (Å²) in [7, 11) is 2.42. The maximum absolute atomic E-state index is 4.03. The quantitative estimate of drug-likeness (QED) is 0.532. The highest BCUT2D eigenvalue weighted by Gasteiger charge is 1.88. The van der Waals surface area contributed by atoms with Crippen molar-refractivity contribution in [2.45, 2.75) is 13.8 Å². The third kappa shape index (κ3) is 2.92. The van der Waals surface area contributed by atoms with Crippen LogP contribution in [0.25, 0.3) is 0 Å². The van der Waals surface area contributed by atoms with E-state index in [-0.39, 0.29) is 0 Å². The standard InChI is InChI=1S/C5H7NS.CH5P/c1-4-5(2)7-3-6-4;1-2/h3H,1-2H3;2H2,1H3. The Bertz CT molecular complexity index is 145. The molecule has 0 aliphatic heterocycles. The summed E-state index contributed by atoms with van der Waals surface area (Å²) >= 11 is 1.69. The third-order valence-electron chi connectivity index (χ3n) is 0.985. The minimum atomic E-state index is 1.16. The van der Waals surface area contributed by atoms with Crippen molar-refractivity contribution >= 4 is 20.6 Å². The molecule has 0 aliphatic carbocycles. The molecule has 1 unspecified atom stereocenters. The maximum Gasteiger partial charge on any atom is 0.0797 e. The molecule has 0 amide bonds. The topological polar surface area (TPSA) is 12.9 Å². The van der Waals surface area contributed by atoms with Crippen LogP contribution >= 0.6 is 20.6 Å². The molecule has 3 heteroatoms. The molecule has 1 aromatic rings. The van der Waals surface area contributed by atoms with Gasteiger partial charge in [-0.05, 0) is 13.8 Å². The summed E-state index contributed by atoms with van der Waals surface area (Å²) in [5.41, 5.74) is 3.02. The van der Waals surface area contributed by atoms with Gasteiger partial charge in [-0.3, -0.25) is 0 Å². The highest BCUT2D eigenvalue weighted by molar-refractivity contribution is 7.15. The second kappa shape index (κ2) is 4.89. The molecule has 0 saturated carbocycles. The fourth-order valence-electron chi connectivity index (χ4n) is 0.361. The Morgan fingerprint density at radius 3 is 2.11 bits per heavy atom. The molecule has 0 aliphatic rings. The monoisotopic (exact) mass is 161 g/mol. The molecular weight excluding hydrogens is 149 g/mol. The van der Waals surface area contributed by atoms with Crippen LogP contribution < -0.4 is 0 Å². The van der Waals surface area contributed by atoms with Crippen LogP contribution in [0.15, 0.2) is 5.51 Å². The summed E-state index contributed by atoms with van der Waals surface area (Å²) in [4.78, 5) is 5.35. The van der Waals surface area contributed by atoms with E-state index in [4.69, 9.17) is 0 Å². The largest absolute Gasteiger partial charge is 0.250 e. The normalized spacial score (nSPS) is 8.00. The number of hydrogen-bond donors (Lipinski definition) is 0. The molecule has 1 rings (SSSR count). The average Bonchev–Trinajstić information content (AvgIpc) is 2.23. The van der Waals surface area contributed by atoms with Gasteiger partial charge in [0.15, 0.2) is 0 Å². The first kappa shape index (κ1) is 9.06. The van der Waals surface area contributed by atoms with Crippen LogP contribution in [0.5, 0.6) is 0 Å². The lowest BCUT2D eigenvalue weighted by molar-refractivity contribution is 1.23. The van der Waals surface area contributed by atoms with Crippen molar-refractivity contribution in [2.24, 2.45) is 0 Å². The molecule has 1 aromatic heterocycles. The molecule has 52 valence electrons. The zero-order chi connectivity index (χ0) is 7.28. The van der Waals surface area contributed by atoms with Crippen molar-refractivity contribution in [1.29, 1.82) is 0 Å². The van der Waals surface area contributed by atoms with Crippen LogP contribution in [0.3, 0.4) is 0 Å². The van der Waals surface area contributed by atoms with Gasteiger partial charge in [0.2, 0.25) is 0 Å². The summed E-state index contributed by atoms with van der Waals surface area (Å²) in [5.74, 6) is 0. The molecule has 0 bridgehead atoms. The Kier molecular flexibility index (Phi) is 4.93. The molecule has 1 heterocycles. The molecule has 0 radical (unpaired) electrons. The van der Waals surface area contributed by atoms with Gasteiger partial charge >= 0.3 is 0 Å². The van der Waals surface area contributed by atoms with Crippen molar-refractivity contribution in [2.75, 3.05) is 6.66 Å². The van der Waals surface area contributed by atoms with E-state index in [1.807, 2.05) is 19.1 Å². The molecule has 1 nitrogen and oxygen atoms in total. The Labute approximate surface area is 62.7 Å². The lowest BCUT2D eigenvalue weighted by atomic mass is 10.4. The van der Waals surface area contributed by atoms with E-state index in [2.05, 4.69) is 21.1 Å². The molecule has 0 spiro atoms. The van der Waals surface area contributed by atoms with Crippen LogP contribution in [0.2, 0.25) is 0 Å². The van der Waals surface area contributed by atoms with Crippen LogP contribution in [0.1, 0.15) is 10.6 Å². The predicted molar refractivity (Wildman–Crippen MR) is 47.2 cm³/mol. The Balaban J connectivity index is 0.000000291. The van der Waals surface area contributed by atoms with Gasteiger partial charge in [-0.2, -0.15) is 0 Å². The summed E-state index contributed by atoms with van der Waals surface area (Å²) in [6.45, 7) is 6.01. The minimum Gasteiger partial charge on any atom is -0.250 e. The fourth-order valence-corrected chi connectivity index (χ4v) is 0.953. The summed E-state index contributed by atoms with van der Waals surface area (Å²) in [6.07, 6.45) is 0. The SMILES string of the molecule is CP.Cc1ncsc1C. The minimum absolute atomic E-state index is 1.16. The first-order chi connectivity index (χ1) is 4.30. The second-order valence-electron chi connectivity index (χ2n) is 1.49. The molecule has 0 aromatic carbocycles. The zero-order valence-corrected chi connectivity index (χ0v) is 7.98. The smallest absolute Gasteiger partial charge is 0.0797 e. The highest BCUT2D eigenvalue weighted by atomic mass is 32.1. The van der Waals surface area contributed by atoms with E-state index in [0.717, 1.165) is 5.69 Å². The van der Waals surface area contributed by atoms with Gasteiger partial charge in [0.05, 0.1) is 11.2 Å². The molecule has 1 atom stereocenters. The first-order valence-electron chi connectivity index (χ1n) is 2.75. The van der Waals surface area contributed by atoms with Gasteiger partial charge < -0.3 is 0 Å². The van der Waals surface area contributed by atoms with Gasteiger partial charge in [0.1, 0.15) is 0 Å². The fraction of sp³-hybridized carbons (Fsp3) is 0.500. The van der Waals surface area contributed by atoms with Gasteiger partial charge in [0.25, 0.3) is 0 Å². The van der Waals surface area contributed by atoms with E-state index < -0.39 is 0 Å². The average molecular weight is 161 g/mol. The zero-order valence-electron chi connectivity index (χ0n) is 6.01. The summed E-state index contributed by atoms with van der Waals surface area (Å²) in [6, 6.07) is 0. The number of nitrogens with zero attached hydrogens (tertiary/aromatic N) is 1. The van der Waals surface area contributed by atoms with Crippen LogP contribution in [0, 0.1) is 13.8 Å². The van der Waals surface area contributed by atoms with E-state index in [9.17, 15) is 0 Å². The highest BCUT2D eigenvalue weighted by Crippen LogP contribution is 2.07. The van der Waals surface area contributed by atoms with Crippen molar-refractivity contribution in [3.8, 4) is 0 Å². The van der Waals surface area contributed by atoms with Crippen LogP contribution in [-0.2, 0) is 0 Å². The van der Waals surface area contributed by atoms with Crippen molar-refractivity contribution in [3.63, 3.8) is 0 Å². The predicted octanol–water partition coefficient (Wildman–Crippen LogP) is 2.25. The van der Waals surface area contributed by atoms with Crippen molar-refractivity contribution in [3.05, 3.63) is 16.1 Å². The van der Waals surface area contributed by atoms with Gasteiger partial charge in [0, 0.05) is 4.88 Å². The first-order valence-corrected chi connectivity index (χ1v) is 4.78. The Hall–Kier alpha value is 0.0600. The van der Waals surface area contributed by atoms with E-state index in [1.54, 1.807) is 11.3 Å². The molecule has 0 fully saturated rings. The maximum atomic E-state index is 4.03. The Morgan fingerprint density at radius 2 is 2.00 bits per heavy atom. The summed E-state index contributed by atoms with van der Waals surface area (Å²) in [5, 5.41) is 0. The van der Waals surface area contributed by atoms with Gasteiger partial charge in [-0.25, -0.2) is 4.98 Å². The number of aryl methyl sites for hydroxylation is 2. The van der Waals surface area contributed by atoms with Crippen LogP contribution in [-0.4, -0.2) is 11.6 Å². The van der Waals surface area contributed by atoms with E-state index in [1.165, 1.54) is 4.88 Å². The number of aromatic nitrogens is 1. The lowest BCUT2D eigenvalue weighted by Crippen LogP contribution is -1.68. The number of hydrogen-bond acceptors (Lipinski definition) is 2. The third-order valence-corrected chi connectivity index (χ3v) is 1.85. The van der Waals surface area contributed by atoms with Crippen LogP contribution in [0.4, 0.5) is 0 Å². The number of rotatable bonds is 0. The van der Waals surface area contributed by atoms with E-state index in [0.29, 0.717) is 0 Å². The summed E-state index contributed by atoms with van der Waals surface area (Å²) < 4.78 is 0. The molecule has 0 N–H and O–H groups in total. The molecule has 0 saturated heterocycles. The van der Waals surface area contributed by atoms with Crippen molar-refractivity contribution < 1.29 is 0 Å².